The van der Waals surface area contributed by atoms with Crippen LogP contribution in [0.3, 0.4) is 0 Å². The summed E-state index contributed by atoms with van der Waals surface area (Å²) in [5, 5.41) is 13.6. The highest BCUT2D eigenvalue weighted by Crippen LogP contribution is 2.18. The molecule has 0 radical (unpaired) electrons. The van der Waals surface area contributed by atoms with E-state index in [1.807, 2.05) is 32.0 Å². The highest BCUT2D eigenvalue weighted by molar-refractivity contribution is 7.99. The monoisotopic (exact) mass is 370 g/mol. The Bertz CT molecular complexity index is 891. The molecule has 134 valence electrons. The second-order valence-electron chi connectivity index (χ2n) is 5.95. The molecule has 0 saturated carbocycles. The van der Waals surface area contributed by atoms with E-state index in [4.69, 9.17) is 0 Å². The predicted octanol–water partition coefficient (Wildman–Crippen LogP) is 4.17. The van der Waals surface area contributed by atoms with E-state index in [0.717, 1.165) is 28.6 Å². The topological polar surface area (TPSA) is 60.7 Å². The van der Waals surface area contributed by atoms with Gasteiger partial charge < -0.3 is 0 Å². The standard InChI is InChI=1S/C19H19FN4OS/c1-13-12-14(2)24(23-13)18-9-10-19(22-21-18)26-11-3-4-17(25)15-5-7-16(20)8-6-15/h5-10,12H,3-4,11H2,1-2H3. The van der Waals surface area contributed by atoms with Gasteiger partial charge in [0.2, 0.25) is 0 Å². The number of hydrogen-bond donors (Lipinski definition) is 0. The smallest absolute Gasteiger partial charge is 0.175 e. The van der Waals surface area contributed by atoms with E-state index < -0.39 is 0 Å². The number of carbonyl (C=O) groups excluding carboxylic acids is 1. The molecule has 26 heavy (non-hydrogen) atoms. The lowest BCUT2D eigenvalue weighted by atomic mass is 10.1. The second kappa shape index (κ2) is 8.23. The lowest BCUT2D eigenvalue weighted by Gasteiger charge is -2.04. The average Bonchev–Trinajstić information content (AvgIpc) is 2.98. The van der Waals surface area contributed by atoms with Crippen molar-refractivity contribution in [3.63, 3.8) is 0 Å². The van der Waals surface area contributed by atoms with E-state index in [1.54, 1.807) is 16.4 Å². The predicted molar refractivity (Wildman–Crippen MR) is 99.3 cm³/mol. The molecule has 7 heteroatoms. The van der Waals surface area contributed by atoms with Crippen LogP contribution in [0.25, 0.3) is 5.82 Å². The van der Waals surface area contributed by atoms with Gasteiger partial charge in [0.25, 0.3) is 0 Å². The molecule has 3 aromatic rings. The van der Waals surface area contributed by atoms with Gasteiger partial charge in [0.15, 0.2) is 11.6 Å². The van der Waals surface area contributed by atoms with Gasteiger partial charge in [-0.05, 0) is 68.5 Å². The Morgan fingerprint density at radius 2 is 1.88 bits per heavy atom. The minimum Gasteiger partial charge on any atom is -0.294 e. The molecule has 0 N–H and O–H groups in total. The summed E-state index contributed by atoms with van der Waals surface area (Å²) in [5.41, 5.74) is 2.50. The van der Waals surface area contributed by atoms with Crippen LogP contribution in [0.4, 0.5) is 4.39 Å². The van der Waals surface area contributed by atoms with Crippen LogP contribution in [0, 0.1) is 19.7 Å². The molecule has 0 unspecified atom stereocenters. The molecule has 1 aromatic carbocycles. The maximum atomic E-state index is 12.9. The van der Waals surface area contributed by atoms with Gasteiger partial charge in [-0.3, -0.25) is 4.79 Å². The number of ketones is 1. The molecule has 0 aliphatic rings. The van der Waals surface area contributed by atoms with Gasteiger partial charge in [-0.1, -0.05) is 0 Å². The first-order chi connectivity index (χ1) is 12.5. The molecule has 0 atom stereocenters. The molecule has 2 heterocycles. The van der Waals surface area contributed by atoms with Crippen molar-refractivity contribution in [2.24, 2.45) is 0 Å². The van der Waals surface area contributed by atoms with Gasteiger partial charge in [-0.2, -0.15) is 5.10 Å². The van der Waals surface area contributed by atoms with E-state index in [9.17, 15) is 9.18 Å². The van der Waals surface area contributed by atoms with Crippen molar-refractivity contribution in [3.8, 4) is 5.82 Å². The van der Waals surface area contributed by atoms with E-state index in [2.05, 4.69) is 15.3 Å². The number of hydrogen-bond acceptors (Lipinski definition) is 5. The van der Waals surface area contributed by atoms with Crippen LogP contribution >= 0.6 is 11.8 Å². The highest BCUT2D eigenvalue weighted by Gasteiger charge is 2.08. The third-order valence-corrected chi connectivity index (χ3v) is 4.82. The van der Waals surface area contributed by atoms with E-state index >= 15 is 0 Å². The Morgan fingerprint density at radius 3 is 2.50 bits per heavy atom. The van der Waals surface area contributed by atoms with Crippen molar-refractivity contribution < 1.29 is 9.18 Å². The van der Waals surface area contributed by atoms with Crippen molar-refractivity contribution in [2.45, 2.75) is 31.7 Å². The van der Waals surface area contributed by atoms with Crippen molar-refractivity contribution in [1.82, 2.24) is 20.0 Å². The number of aryl methyl sites for hydroxylation is 2. The molecule has 3 rings (SSSR count). The number of halogens is 1. The van der Waals surface area contributed by atoms with Crippen LogP contribution < -0.4 is 0 Å². The van der Waals surface area contributed by atoms with Crippen molar-refractivity contribution in [1.29, 1.82) is 0 Å². The summed E-state index contributed by atoms with van der Waals surface area (Å²) in [6, 6.07) is 11.4. The molecule has 0 amide bonds. The van der Waals surface area contributed by atoms with Gasteiger partial charge in [0.05, 0.1) is 5.69 Å². The van der Waals surface area contributed by atoms with E-state index in [1.165, 1.54) is 24.3 Å². The lowest BCUT2D eigenvalue weighted by Crippen LogP contribution is -2.03. The number of thioether (sulfide) groups is 1. The van der Waals surface area contributed by atoms with Crippen molar-refractivity contribution in [2.75, 3.05) is 5.75 Å². The van der Waals surface area contributed by atoms with E-state index in [0.29, 0.717) is 17.8 Å². The van der Waals surface area contributed by atoms with Crippen molar-refractivity contribution in [3.05, 3.63) is 65.2 Å². The normalized spacial score (nSPS) is 10.9. The SMILES string of the molecule is Cc1cc(C)n(-c2ccc(SCCCC(=O)c3ccc(F)cc3)nn2)n1. The summed E-state index contributed by atoms with van der Waals surface area (Å²) in [5.74, 6) is 1.14. The Hall–Kier alpha value is -2.54. The molecular formula is C19H19FN4OS. The molecule has 0 saturated heterocycles. The Morgan fingerprint density at radius 1 is 1.12 bits per heavy atom. The van der Waals surface area contributed by atoms with Crippen LogP contribution in [0.15, 0.2) is 47.5 Å². The fraction of sp³-hybridized carbons (Fsp3) is 0.263. The van der Waals surface area contributed by atoms with Gasteiger partial charge in [0, 0.05) is 17.7 Å². The van der Waals surface area contributed by atoms with Gasteiger partial charge in [-0.15, -0.1) is 22.0 Å². The minimum atomic E-state index is -0.334. The Kier molecular flexibility index (Phi) is 5.78. The number of Topliss-reactive ketones (excluding diaryl/α,β-unsaturated/α-hetero) is 1. The van der Waals surface area contributed by atoms with Gasteiger partial charge >= 0.3 is 0 Å². The maximum Gasteiger partial charge on any atom is 0.175 e. The second-order valence-corrected chi connectivity index (χ2v) is 7.07. The molecule has 0 aliphatic heterocycles. The summed E-state index contributed by atoms with van der Waals surface area (Å²) < 4.78 is 14.6. The van der Waals surface area contributed by atoms with Gasteiger partial charge in [-0.25, -0.2) is 9.07 Å². The summed E-state index contributed by atoms with van der Waals surface area (Å²) in [6.07, 6.45) is 1.15. The van der Waals surface area contributed by atoms with Gasteiger partial charge in [0.1, 0.15) is 10.8 Å². The third-order valence-electron chi connectivity index (χ3n) is 3.82. The number of nitrogens with zero attached hydrogens (tertiary/aromatic N) is 4. The Balaban J connectivity index is 1.48. The first-order valence-electron chi connectivity index (χ1n) is 8.32. The zero-order valence-electron chi connectivity index (χ0n) is 14.6. The molecular weight excluding hydrogens is 351 g/mol. The molecule has 0 fully saturated rings. The summed E-state index contributed by atoms with van der Waals surface area (Å²) in [6.45, 7) is 3.91. The minimum absolute atomic E-state index is 0.0246. The molecule has 0 aliphatic carbocycles. The fourth-order valence-corrected chi connectivity index (χ4v) is 3.31. The number of aromatic nitrogens is 4. The van der Waals surface area contributed by atoms with Crippen LogP contribution in [0.2, 0.25) is 0 Å². The van der Waals surface area contributed by atoms with Crippen LogP contribution in [0.1, 0.15) is 34.6 Å². The molecule has 0 spiro atoms. The largest absolute Gasteiger partial charge is 0.294 e. The summed E-state index contributed by atoms with van der Waals surface area (Å²) in [4.78, 5) is 12.0. The Labute approximate surface area is 155 Å². The molecule has 0 bridgehead atoms. The number of rotatable bonds is 7. The van der Waals surface area contributed by atoms with Crippen molar-refractivity contribution >= 4 is 17.5 Å². The quantitative estimate of drug-likeness (QED) is 0.355. The molecule has 2 aromatic heterocycles. The molecule has 5 nitrogen and oxygen atoms in total. The fourth-order valence-electron chi connectivity index (χ4n) is 2.55. The summed E-state index contributed by atoms with van der Waals surface area (Å²) >= 11 is 1.56. The zero-order chi connectivity index (χ0) is 18.5. The average molecular weight is 370 g/mol. The summed E-state index contributed by atoms with van der Waals surface area (Å²) in [7, 11) is 0. The highest BCUT2D eigenvalue weighted by atomic mass is 32.2. The third kappa shape index (κ3) is 4.54. The number of carbonyl (C=O) groups is 1. The van der Waals surface area contributed by atoms with Crippen LogP contribution in [0.5, 0.6) is 0 Å². The first-order valence-corrected chi connectivity index (χ1v) is 9.30. The first kappa shape index (κ1) is 18.3. The van der Waals surface area contributed by atoms with E-state index in [-0.39, 0.29) is 11.6 Å². The lowest BCUT2D eigenvalue weighted by molar-refractivity contribution is 0.0982. The zero-order valence-corrected chi connectivity index (χ0v) is 15.5. The van der Waals surface area contributed by atoms with Crippen LogP contribution in [-0.4, -0.2) is 31.5 Å². The number of benzene rings is 1. The van der Waals surface area contributed by atoms with Crippen LogP contribution in [-0.2, 0) is 0 Å². The maximum absolute atomic E-state index is 12.9.